The van der Waals surface area contributed by atoms with E-state index in [9.17, 15) is 0 Å². The Hall–Kier alpha value is 0.250. The number of rotatable bonds is 13. The van der Waals surface area contributed by atoms with Gasteiger partial charge in [0.25, 0.3) is 0 Å². The van der Waals surface area contributed by atoms with Crippen LogP contribution in [0.15, 0.2) is 0 Å². The number of likely N-dealkylation sites (tertiary alicyclic amines) is 1. The molecule has 20 heavy (non-hydrogen) atoms. The van der Waals surface area contributed by atoms with E-state index in [2.05, 4.69) is 6.92 Å². The number of nitrogens with one attached hydrogen (secondary N) is 1. The van der Waals surface area contributed by atoms with Crippen LogP contribution in [0, 0.1) is 0 Å². The molecule has 1 nitrogen and oxygen atoms in total. The first kappa shape index (κ1) is 20.2. The van der Waals surface area contributed by atoms with Crippen LogP contribution in [0.1, 0.15) is 96.8 Å². The fourth-order valence-corrected chi connectivity index (χ4v) is 3.34. The zero-order valence-corrected chi connectivity index (χ0v) is 14.7. The smallest absolute Gasteiger partial charge is 0.0773 e. The third kappa shape index (κ3) is 12.0. The molecule has 0 aromatic carbocycles. The molecule has 0 unspecified atom stereocenters. The summed E-state index contributed by atoms with van der Waals surface area (Å²) in [7, 11) is 0. The average molecular weight is 304 g/mol. The highest BCUT2D eigenvalue weighted by Gasteiger charge is 2.13. The van der Waals surface area contributed by atoms with E-state index in [4.69, 9.17) is 0 Å². The summed E-state index contributed by atoms with van der Waals surface area (Å²) >= 11 is 0. The molecular weight excluding hydrogens is 266 g/mol. The summed E-state index contributed by atoms with van der Waals surface area (Å²) < 4.78 is 0. The Morgan fingerprint density at radius 1 is 0.600 bits per heavy atom. The highest BCUT2D eigenvalue weighted by Crippen LogP contribution is 2.11. The van der Waals surface area contributed by atoms with E-state index in [0.29, 0.717) is 0 Å². The van der Waals surface area contributed by atoms with Crippen LogP contribution >= 0.6 is 0 Å². The molecule has 0 atom stereocenters. The van der Waals surface area contributed by atoms with Gasteiger partial charge in [0.2, 0.25) is 0 Å². The van der Waals surface area contributed by atoms with Gasteiger partial charge in [-0.15, -0.1) is 0 Å². The van der Waals surface area contributed by atoms with E-state index >= 15 is 0 Å². The van der Waals surface area contributed by atoms with Crippen LogP contribution < -0.4 is 17.3 Å². The summed E-state index contributed by atoms with van der Waals surface area (Å²) in [6, 6.07) is 0. The van der Waals surface area contributed by atoms with E-state index in [1.807, 2.05) is 4.90 Å². The molecule has 0 aromatic heterocycles. The van der Waals surface area contributed by atoms with Crippen molar-refractivity contribution < 1.29 is 17.3 Å². The van der Waals surface area contributed by atoms with Gasteiger partial charge in [-0.2, -0.15) is 0 Å². The maximum atomic E-state index is 2.30. The van der Waals surface area contributed by atoms with Crippen molar-refractivity contribution in [2.24, 2.45) is 0 Å². The van der Waals surface area contributed by atoms with Crippen LogP contribution in [-0.2, 0) is 0 Å². The first-order chi connectivity index (χ1) is 9.43. The van der Waals surface area contributed by atoms with Gasteiger partial charge in [-0.3, -0.25) is 0 Å². The SMILES string of the molecule is CCCCCCCCCCCCCC[NH+]1CCCC1.[Cl-]. The largest absolute Gasteiger partial charge is 1.00 e. The van der Waals surface area contributed by atoms with Crippen LogP contribution in [0.4, 0.5) is 0 Å². The summed E-state index contributed by atoms with van der Waals surface area (Å²) in [5.74, 6) is 0. The zero-order valence-electron chi connectivity index (χ0n) is 13.9. The third-order valence-electron chi connectivity index (χ3n) is 4.69. The molecule has 0 radical (unpaired) electrons. The molecule has 0 amide bonds. The van der Waals surface area contributed by atoms with Gasteiger partial charge in [-0.1, -0.05) is 71.1 Å². The molecule has 2 heteroatoms. The Morgan fingerprint density at radius 3 is 1.45 bits per heavy atom. The lowest BCUT2D eigenvalue weighted by molar-refractivity contribution is -0.887. The molecule has 1 heterocycles. The molecule has 0 aromatic rings. The minimum Gasteiger partial charge on any atom is -1.00 e. The van der Waals surface area contributed by atoms with E-state index in [0.717, 1.165) is 0 Å². The Morgan fingerprint density at radius 2 is 1.00 bits per heavy atom. The van der Waals surface area contributed by atoms with Gasteiger partial charge in [0, 0.05) is 12.8 Å². The van der Waals surface area contributed by atoms with Gasteiger partial charge in [0.15, 0.2) is 0 Å². The van der Waals surface area contributed by atoms with Gasteiger partial charge in [-0.05, 0) is 12.8 Å². The second kappa shape index (κ2) is 15.6. The number of unbranched alkanes of at least 4 members (excludes halogenated alkanes) is 11. The van der Waals surface area contributed by atoms with Gasteiger partial charge < -0.3 is 17.3 Å². The highest BCUT2D eigenvalue weighted by atomic mass is 35.5. The van der Waals surface area contributed by atoms with Crippen molar-refractivity contribution in [1.29, 1.82) is 0 Å². The maximum absolute atomic E-state index is 2.30. The quantitative estimate of drug-likeness (QED) is 0.490. The van der Waals surface area contributed by atoms with Gasteiger partial charge in [0.1, 0.15) is 0 Å². The predicted molar refractivity (Wildman–Crippen MR) is 85.9 cm³/mol. The molecule has 1 saturated heterocycles. The number of hydrogen-bond acceptors (Lipinski definition) is 0. The maximum Gasteiger partial charge on any atom is 0.0773 e. The van der Waals surface area contributed by atoms with Crippen molar-refractivity contribution >= 4 is 0 Å². The second-order valence-electron chi connectivity index (χ2n) is 6.60. The van der Waals surface area contributed by atoms with Crippen molar-refractivity contribution in [3.05, 3.63) is 0 Å². The van der Waals surface area contributed by atoms with Crippen molar-refractivity contribution in [3.8, 4) is 0 Å². The monoisotopic (exact) mass is 303 g/mol. The van der Waals surface area contributed by atoms with Crippen molar-refractivity contribution in [2.45, 2.75) is 96.8 Å². The lowest BCUT2D eigenvalue weighted by Gasteiger charge is -2.11. The number of quaternary nitrogens is 1. The minimum absolute atomic E-state index is 0. The summed E-state index contributed by atoms with van der Waals surface area (Å²) in [6.45, 7) is 6.67. The Balaban J connectivity index is 0.00000361. The number of hydrogen-bond donors (Lipinski definition) is 1. The number of halogens is 1. The van der Waals surface area contributed by atoms with E-state index in [1.165, 1.54) is 110 Å². The topological polar surface area (TPSA) is 4.44 Å². The molecule has 0 spiro atoms. The molecule has 0 saturated carbocycles. The molecule has 0 bridgehead atoms. The van der Waals surface area contributed by atoms with Crippen molar-refractivity contribution in [2.75, 3.05) is 19.6 Å². The molecule has 1 aliphatic heterocycles. The van der Waals surface area contributed by atoms with Gasteiger partial charge in [-0.25, -0.2) is 0 Å². The highest BCUT2D eigenvalue weighted by molar-refractivity contribution is 4.49. The van der Waals surface area contributed by atoms with Crippen LogP contribution in [-0.4, -0.2) is 19.6 Å². The van der Waals surface area contributed by atoms with Crippen molar-refractivity contribution in [1.82, 2.24) is 0 Å². The summed E-state index contributed by atoms with van der Waals surface area (Å²) in [6.07, 6.45) is 20.6. The van der Waals surface area contributed by atoms with E-state index < -0.39 is 0 Å². The molecule has 1 N–H and O–H groups in total. The standard InChI is InChI=1S/C18H37N.ClH/c1-2-3-4-5-6-7-8-9-10-11-12-13-16-19-17-14-15-18-19;/h2-18H2,1H3;1H. The Labute approximate surface area is 134 Å². The fourth-order valence-electron chi connectivity index (χ4n) is 3.34. The van der Waals surface area contributed by atoms with Crippen LogP contribution in [0.2, 0.25) is 0 Å². The van der Waals surface area contributed by atoms with Gasteiger partial charge >= 0.3 is 0 Å². The average Bonchev–Trinajstić information content (AvgIpc) is 2.93. The van der Waals surface area contributed by atoms with Crippen LogP contribution in [0.3, 0.4) is 0 Å². The molecule has 1 fully saturated rings. The lowest BCUT2D eigenvalue weighted by atomic mass is 10.1. The minimum atomic E-state index is 0. The Kier molecular flexibility index (Phi) is 15.8. The first-order valence-corrected chi connectivity index (χ1v) is 9.27. The normalized spacial score (nSPS) is 15.4. The van der Waals surface area contributed by atoms with Crippen molar-refractivity contribution in [3.63, 3.8) is 0 Å². The Bertz CT molecular complexity index is 178. The molecular formula is C18H38ClN. The first-order valence-electron chi connectivity index (χ1n) is 9.27. The van der Waals surface area contributed by atoms with Gasteiger partial charge in [0.05, 0.1) is 19.6 Å². The van der Waals surface area contributed by atoms with Crippen LogP contribution in [0.5, 0.6) is 0 Å². The summed E-state index contributed by atoms with van der Waals surface area (Å²) in [5, 5.41) is 0. The molecule has 0 aliphatic carbocycles. The second-order valence-corrected chi connectivity index (χ2v) is 6.60. The van der Waals surface area contributed by atoms with E-state index in [-0.39, 0.29) is 12.4 Å². The van der Waals surface area contributed by atoms with E-state index in [1.54, 1.807) is 0 Å². The molecule has 1 rings (SSSR count). The fraction of sp³-hybridized carbons (Fsp3) is 1.00. The molecule has 122 valence electrons. The summed E-state index contributed by atoms with van der Waals surface area (Å²) in [4.78, 5) is 1.88. The predicted octanol–water partition coefficient (Wildman–Crippen LogP) is 1.37. The third-order valence-corrected chi connectivity index (χ3v) is 4.69. The molecule has 1 aliphatic rings. The lowest BCUT2D eigenvalue weighted by Crippen LogP contribution is -3.09. The summed E-state index contributed by atoms with van der Waals surface area (Å²) in [5.41, 5.74) is 0. The van der Waals surface area contributed by atoms with Crippen LogP contribution in [0.25, 0.3) is 0 Å². The zero-order chi connectivity index (χ0) is 13.6.